The molecular weight excluding hydrogens is 313 g/mol. The molecule has 7 heteroatoms. The van der Waals surface area contributed by atoms with Gasteiger partial charge in [-0.1, -0.05) is 11.6 Å². The number of nitrogens with two attached hydrogens (primary N) is 1. The van der Waals surface area contributed by atoms with Crippen molar-refractivity contribution in [2.45, 2.75) is 32.7 Å². The van der Waals surface area contributed by atoms with E-state index < -0.39 is 0 Å². The SMILES string of the molecule is CCNC(=O)c1ccc(Cl)cc1NC(=O)CCC(C)N.Cl. The van der Waals surface area contributed by atoms with Gasteiger partial charge in [0.2, 0.25) is 5.91 Å². The van der Waals surface area contributed by atoms with Crippen LogP contribution in [0.3, 0.4) is 0 Å². The third kappa shape index (κ3) is 6.80. The minimum Gasteiger partial charge on any atom is -0.352 e. The maximum atomic E-state index is 11.9. The van der Waals surface area contributed by atoms with Gasteiger partial charge in [0.25, 0.3) is 5.91 Å². The lowest BCUT2D eigenvalue weighted by Gasteiger charge is -2.12. The van der Waals surface area contributed by atoms with E-state index in [1.54, 1.807) is 18.2 Å². The highest BCUT2D eigenvalue weighted by molar-refractivity contribution is 6.31. The fourth-order valence-corrected chi connectivity index (χ4v) is 1.82. The van der Waals surface area contributed by atoms with Gasteiger partial charge in [-0.2, -0.15) is 0 Å². The molecule has 0 radical (unpaired) electrons. The normalized spacial score (nSPS) is 11.2. The summed E-state index contributed by atoms with van der Waals surface area (Å²) in [6.07, 6.45) is 0.891. The molecule has 0 aliphatic rings. The van der Waals surface area contributed by atoms with Gasteiger partial charge < -0.3 is 16.4 Å². The van der Waals surface area contributed by atoms with Crippen molar-refractivity contribution in [3.8, 4) is 0 Å². The second-order valence-electron chi connectivity index (χ2n) is 4.61. The molecule has 1 atom stereocenters. The Morgan fingerprint density at radius 3 is 2.62 bits per heavy atom. The molecule has 0 aromatic heterocycles. The molecule has 2 amide bonds. The summed E-state index contributed by atoms with van der Waals surface area (Å²) >= 11 is 5.91. The molecule has 0 aliphatic carbocycles. The molecule has 5 nitrogen and oxygen atoms in total. The van der Waals surface area contributed by atoms with Gasteiger partial charge in [0.05, 0.1) is 11.3 Å². The van der Waals surface area contributed by atoms with Crippen LogP contribution in [0.25, 0.3) is 0 Å². The van der Waals surface area contributed by atoms with Crippen LogP contribution in [0.5, 0.6) is 0 Å². The van der Waals surface area contributed by atoms with Gasteiger partial charge in [0, 0.05) is 24.0 Å². The maximum absolute atomic E-state index is 11.9. The molecule has 0 saturated carbocycles. The van der Waals surface area contributed by atoms with E-state index in [0.717, 1.165) is 0 Å². The van der Waals surface area contributed by atoms with Crippen LogP contribution in [0.1, 0.15) is 37.0 Å². The zero-order chi connectivity index (χ0) is 15.1. The van der Waals surface area contributed by atoms with E-state index in [0.29, 0.717) is 35.7 Å². The average molecular weight is 334 g/mol. The molecule has 1 aromatic carbocycles. The first-order chi connectivity index (χ1) is 9.43. The summed E-state index contributed by atoms with van der Waals surface area (Å²) in [4.78, 5) is 23.7. The van der Waals surface area contributed by atoms with Gasteiger partial charge in [-0.3, -0.25) is 9.59 Å². The fraction of sp³-hybridized carbons (Fsp3) is 0.429. The van der Waals surface area contributed by atoms with Crippen molar-refractivity contribution in [3.05, 3.63) is 28.8 Å². The molecule has 1 unspecified atom stereocenters. The molecule has 0 saturated heterocycles. The van der Waals surface area contributed by atoms with E-state index in [1.165, 1.54) is 0 Å². The average Bonchev–Trinajstić information content (AvgIpc) is 2.36. The largest absolute Gasteiger partial charge is 0.352 e. The first-order valence-electron chi connectivity index (χ1n) is 6.57. The Kier molecular flexibility index (Phi) is 9.01. The highest BCUT2D eigenvalue weighted by Crippen LogP contribution is 2.21. The zero-order valence-corrected chi connectivity index (χ0v) is 13.7. The van der Waals surface area contributed by atoms with Gasteiger partial charge in [-0.25, -0.2) is 0 Å². The number of anilines is 1. The number of carbonyl (C=O) groups excluding carboxylic acids is 2. The number of nitrogens with one attached hydrogen (secondary N) is 2. The van der Waals surface area contributed by atoms with Gasteiger partial charge in [0.1, 0.15) is 0 Å². The van der Waals surface area contributed by atoms with Crippen LogP contribution < -0.4 is 16.4 Å². The third-order valence-electron chi connectivity index (χ3n) is 2.66. The summed E-state index contributed by atoms with van der Waals surface area (Å²) in [5.41, 5.74) is 6.42. The first-order valence-corrected chi connectivity index (χ1v) is 6.95. The molecule has 1 aromatic rings. The van der Waals surface area contributed by atoms with E-state index in [4.69, 9.17) is 17.3 Å². The third-order valence-corrected chi connectivity index (χ3v) is 2.90. The monoisotopic (exact) mass is 333 g/mol. The Balaban J connectivity index is 0.00000400. The predicted molar refractivity (Wildman–Crippen MR) is 88.2 cm³/mol. The highest BCUT2D eigenvalue weighted by Gasteiger charge is 2.13. The maximum Gasteiger partial charge on any atom is 0.253 e. The summed E-state index contributed by atoms with van der Waals surface area (Å²) in [5.74, 6) is -0.429. The molecule has 0 heterocycles. The number of amides is 2. The number of halogens is 2. The van der Waals surface area contributed by atoms with Crippen molar-refractivity contribution in [2.75, 3.05) is 11.9 Å². The summed E-state index contributed by atoms with van der Waals surface area (Å²) in [5, 5.41) is 5.86. The molecule has 4 N–H and O–H groups in total. The van der Waals surface area contributed by atoms with E-state index >= 15 is 0 Å². The standard InChI is InChI=1S/C14H20ClN3O2.ClH/c1-3-17-14(20)11-6-5-10(15)8-12(11)18-13(19)7-4-9(2)16;/h5-6,8-9H,3-4,7,16H2,1-2H3,(H,17,20)(H,18,19);1H. The van der Waals surface area contributed by atoms with Crippen LogP contribution in [0.4, 0.5) is 5.69 Å². The molecule has 0 fully saturated rings. The second kappa shape index (κ2) is 9.60. The van der Waals surface area contributed by atoms with E-state index in [9.17, 15) is 9.59 Å². The number of hydrogen-bond donors (Lipinski definition) is 3. The van der Waals surface area contributed by atoms with Crippen molar-refractivity contribution >= 4 is 41.5 Å². The Labute approximate surface area is 136 Å². The summed E-state index contributed by atoms with van der Waals surface area (Å²) in [7, 11) is 0. The van der Waals surface area contributed by atoms with Gasteiger partial charge in [0.15, 0.2) is 0 Å². The van der Waals surface area contributed by atoms with E-state index in [1.807, 2.05) is 13.8 Å². The Bertz CT molecular complexity index is 493. The van der Waals surface area contributed by atoms with E-state index in [2.05, 4.69) is 10.6 Å². The number of rotatable bonds is 6. The minimum absolute atomic E-state index is 0. The number of carbonyl (C=O) groups is 2. The number of hydrogen-bond acceptors (Lipinski definition) is 3. The van der Waals surface area contributed by atoms with Crippen LogP contribution in [0.2, 0.25) is 5.02 Å². The zero-order valence-electron chi connectivity index (χ0n) is 12.1. The van der Waals surface area contributed by atoms with Crippen LogP contribution >= 0.6 is 24.0 Å². The highest BCUT2D eigenvalue weighted by atomic mass is 35.5. The molecule has 0 bridgehead atoms. The van der Waals surface area contributed by atoms with Gasteiger partial charge in [-0.15, -0.1) is 12.4 Å². The smallest absolute Gasteiger partial charge is 0.253 e. The van der Waals surface area contributed by atoms with Crippen LogP contribution in [0, 0.1) is 0 Å². The number of benzene rings is 1. The minimum atomic E-state index is -0.244. The summed E-state index contributed by atoms with van der Waals surface area (Å²) in [6.45, 7) is 4.18. The van der Waals surface area contributed by atoms with Gasteiger partial charge in [-0.05, 0) is 38.5 Å². The summed E-state index contributed by atoms with van der Waals surface area (Å²) in [6, 6.07) is 4.73. The fourth-order valence-electron chi connectivity index (χ4n) is 1.65. The van der Waals surface area contributed by atoms with E-state index in [-0.39, 0.29) is 30.3 Å². The Morgan fingerprint density at radius 2 is 2.05 bits per heavy atom. The van der Waals surface area contributed by atoms with Crippen molar-refractivity contribution in [3.63, 3.8) is 0 Å². The van der Waals surface area contributed by atoms with Crippen molar-refractivity contribution in [1.29, 1.82) is 0 Å². The van der Waals surface area contributed by atoms with Crippen molar-refractivity contribution in [2.24, 2.45) is 5.73 Å². The lowest BCUT2D eigenvalue weighted by Crippen LogP contribution is -2.25. The molecule has 0 aliphatic heterocycles. The van der Waals surface area contributed by atoms with Crippen LogP contribution in [0.15, 0.2) is 18.2 Å². The second-order valence-corrected chi connectivity index (χ2v) is 5.05. The topological polar surface area (TPSA) is 84.2 Å². The Hall–Kier alpha value is -1.30. The molecular formula is C14H21Cl2N3O2. The summed E-state index contributed by atoms with van der Waals surface area (Å²) < 4.78 is 0. The predicted octanol–water partition coefficient (Wildman–Crippen LogP) is 2.58. The molecule has 118 valence electrons. The van der Waals surface area contributed by atoms with Gasteiger partial charge >= 0.3 is 0 Å². The lowest BCUT2D eigenvalue weighted by molar-refractivity contribution is -0.116. The lowest BCUT2D eigenvalue weighted by atomic mass is 10.1. The molecule has 1 rings (SSSR count). The van der Waals surface area contributed by atoms with Crippen LogP contribution in [-0.4, -0.2) is 24.4 Å². The molecule has 0 spiro atoms. The Morgan fingerprint density at radius 1 is 1.38 bits per heavy atom. The van der Waals surface area contributed by atoms with Crippen LogP contribution in [-0.2, 0) is 4.79 Å². The molecule has 21 heavy (non-hydrogen) atoms. The van der Waals surface area contributed by atoms with Crippen molar-refractivity contribution < 1.29 is 9.59 Å². The van der Waals surface area contributed by atoms with Crippen molar-refractivity contribution in [1.82, 2.24) is 5.32 Å². The quantitative estimate of drug-likeness (QED) is 0.748. The first kappa shape index (κ1) is 19.7.